The maximum absolute atomic E-state index is 10.4. The van der Waals surface area contributed by atoms with Gasteiger partial charge in [-0.25, -0.2) is 9.97 Å². The second kappa shape index (κ2) is 6.52. The zero-order valence-corrected chi connectivity index (χ0v) is 11.7. The van der Waals surface area contributed by atoms with Crippen LogP contribution in [0.4, 0.5) is 0 Å². The largest absolute Gasteiger partial charge is 0.386 e. The van der Waals surface area contributed by atoms with Gasteiger partial charge in [-0.15, -0.1) is 0 Å². The minimum Gasteiger partial charge on any atom is -0.386 e. The van der Waals surface area contributed by atoms with Crippen LogP contribution in [0.2, 0.25) is 0 Å². The lowest BCUT2D eigenvalue weighted by atomic mass is 10.2. The molecular weight excluding hydrogens is 240 g/mol. The van der Waals surface area contributed by atoms with Gasteiger partial charge in [-0.2, -0.15) is 0 Å². The molecule has 104 valence electrons. The van der Waals surface area contributed by atoms with E-state index in [2.05, 4.69) is 28.4 Å². The van der Waals surface area contributed by atoms with Gasteiger partial charge in [0.15, 0.2) is 0 Å². The first-order chi connectivity index (χ1) is 9.26. The molecule has 0 amide bonds. The minimum absolute atomic E-state index is 0.530. The molecule has 1 N–H and O–H groups in total. The summed E-state index contributed by atoms with van der Waals surface area (Å²) < 4.78 is 4.11. The molecular formula is C14H22N4O. The molecule has 0 bridgehead atoms. The lowest BCUT2D eigenvalue weighted by molar-refractivity contribution is 0.164. The van der Waals surface area contributed by atoms with Gasteiger partial charge in [0.25, 0.3) is 0 Å². The first-order valence-electron chi connectivity index (χ1n) is 6.94. The second-order valence-corrected chi connectivity index (χ2v) is 4.77. The summed E-state index contributed by atoms with van der Waals surface area (Å²) in [5.74, 6) is 0.929. The molecule has 2 heterocycles. The van der Waals surface area contributed by atoms with Crippen molar-refractivity contribution in [1.29, 1.82) is 0 Å². The highest BCUT2D eigenvalue weighted by atomic mass is 16.3. The zero-order valence-electron chi connectivity index (χ0n) is 11.7. The lowest BCUT2D eigenvalue weighted by Crippen LogP contribution is -2.12. The highest BCUT2D eigenvalue weighted by Gasteiger charge is 2.16. The number of aromatic nitrogens is 4. The normalized spacial score (nSPS) is 12.8. The van der Waals surface area contributed by atoms with E-state index in [1.807, 2.05) is 10.8 Å². The van der Waals surface area contributed by atoms with Crippen LogP contribution in [-0.4, -0.2) is 24.2 Å². The Balaban J connectivity index is 2.09. The van der Waals surface area contributed by atoms with Crippen molar-refractivity contribution in [2.45, 2.75) is 52.3 Å². The Bertz CT molecular complexity index is 503. The number of nitrogens with zero attached hydrogens (tertiary/aromatic N) is 4. The van der Waals surface area contributed by atoms with E-state index in [0.29, 0.717) is 6.42 Å². The molecule has 2 aromatic rings. The highest BCUT2D eigenvalue weighted by molar-refractivity contribution is 5.06. The van der Waals surface area contributed by atoms with E-state index in [4.69, 9.17) is 0 Å². The van der Waals surface area contributed by atoms with E-state index in [1.54, 1.807) is 18.7 Å². The quantitative estimate of drug-likeness (QED) is 0.832. The fraction of sp³-hybridized carbons (Fsp3) is 0.571. The first-order valence-corrected chi connectivity index (χ1v) is 6.94. The molecule has 5 nitrogen and oxygen atoms in total. The average Bonchev–Trinajstić information content (AvgIpc) is 3.00. The summed E-state index contributed by atoms with van der Waals surface area (Å²) >= 11 is 0. The lowest BCUT2D eigenvalue weighted by Gasteiger charge is -2.14. The molecule has 0 radical (unpaired) electrons. The van der Waals surface area contributed by atoms with E-state index in [1.165, 1.54) is 0 Å². The van der Waals surface area contributed by atoms with Gasteiger partial charge in [-0.1, -0.05) is 13.8 Å². The fourth-order valence-electron chi connectivity index (χ4n) is 2.29. The molecule has 0 aromatic carbocycles. The molecule has 1 unspecified atom stereocenters. The van der Waals surface area contributed by atoms with Gasteiger partial charge in [0.2, 0.25) is 0 Å². The van der Waals surface area contributed by atoms with E-state index in [-0.39, 0.29) is 0 Å². The van der Waals surface area contributed by atoms with Gasteiger partial charge in [-0.05, 0) is 12.8 Å². The van der Waals surface area contributed by atoms with Crippen molar-refractivity contribution < 1.29 is 5.11 Å². The van der Waals surface area contributed by atoms with Gasteiger partial charge < -0.3 is 14.2 Å². The summed E-state index contributed by atoms with van der Waals surface area (Å²) in [6.07, 6.45) is 9.35. The Morgan fingerprint density at radius 3 is 2.68 bits per heavy atom. The molecule has 19 heavy (non-hydrogen) atoms. The number of hydrogen-bond acceptors (Lipinski definition) is 3. The van der Waals surface area contributed by atoms with Crippen LogP contribution >= 0.6 is 0 Å². The van der Waals surface area contributed by atoms with Crippen LogP contribution in [0, 0.1) is 0 Å². The zero-order chi connectivity index (χ0) is 13.7. The predicted octanol–water partition coefficient (Wildman–Crippen LogP) is 2.18. The molecule has 0 spiro atoms. The Kier molecular flexibility index (Phi) is 4.74. The molecule has 2 aromatic heterocycles. The van der Waals surface area contributed by atoms with Crippen molar-refractivity contribution in [3.63, 3.8) is 0 Å². The van der Waals surface area contributed by atoms with Gasteiger partial charge in [-0.3, -0.25) is 0 Å². The van der Waals surface area contributed by atoms with Crippen molar-refractivity contribution in [1.82, 2.24) is 19.1 Å². The third kappa shape index (κ3) is 3.23. The summed E-state index contributed by atoms with van der Waals surface area (Å²) in [6.45, 7) is 6.08. The number of aliphatic hydroxyl groups is 1. The molecule has 0 aliphatic heterocycles. The monoisotopic (exact) mass is 262 g/mol. The molecule has 0 saturated heterocycles. The van der Waals surface area contributed by atoms with Crippen molar-refractivity contribution in [2.75, 3.05) is 0 Å². The number of hydrogen-bond donors (Lipinski definition) is 1. The number of aryl methyl sites for hydroxylation is 2. The van der Waals surface area contributed by atoms with E-state index < -0.39 is 6.10 Å². The summed E-state index contributed by atoms with van der Waals surface area (Å²) in [4.78, 5) is 8.46. The fourth-order valence-corrected chi connectivity index (χ4v) is 2.29. The Morgan fingerprint density at radius 1 is 1.21 bits per heavy atom. The minimum atomic E-state index is -0.549. The van der Waals surface area contributed by atoms with Crippen molar-refractivity contribution in [3.8, 4) is 0 Å². The summed E-state index contributed by atoms with van der Waals surface area (Å²) in [5.41, 5.74) is 0.868. The molecule has 0 fully saturated rings. The Hall–Kier alpha value is -1.62. The average molecular weight is 262 g/mol. The van der Waals surface area contributed by atoms with Crippen LogP contribution in [-0.2, 0) is 19.5 Å². The maximum Gasteiger partial charge on any atom is 0.111 e. The SMILES string of the molecule is CCCn1cncc1C(O)Cc1nccn1CCC. The van der Waals surface area contributed by atoms with E-state index >= 15 is 0 Å². The van der Waals surface area contributed by atoms with Crippen molar-refractivity contribution in [3.05, 3.63) is 36.4 Å². The Morgan fingerprint density at radius 2 is 1.95 bits per heavy atom. The number of rotatable bonds is 7. The second-order valence-electron chi connectivity index (χ2n) is 4.77. The van der Waals surface area contributed by atoms with Crippen LogP contribution in [0.1, 0.15) is 44.3 Å². The smallest absolute Gasteiger partial charge is 0.111 e. The predicted molar refractivity (Wildman–Crippen MR) is 73.7 cm³/mol. The van der Waals surface area contributed by atoms with E-state index in [0.717, 1.165) is 37.4 Å². The highest BCUT2D eigenvalue weighted by Crippen LogP contribution is 2.17. The van der Waals surface area contributed by atoms with E-state index in [9.17, 15) is 5.11 Å². The van der Waals surface area contributed by atoms with Gasteiger partial charge in [0, 0.05) is 31.9 Å². The number of aliphatic hydroxyl groups excluding tert-OH is 1. The van der Waals surface area contributed by atoms with Crippen molar-refractivity contribution in [2.24, 2.45) is 0 Å². The topological polar surface area (TPSA) is 55.9 Å². The summed E-state index contributed by atoms with van der Waals surface area (Å²) in [5, 5.41) is 10.4. The molecule has 1 atom stereocenters. The third-order valence-electron chi connectivity index (χ3n) is 3.19. The van der Waals surface area contributed by atoms with Gasteiger partial charge in [0.1, 0.15) is 11.9 Å². The summed E-state index contributed by atoms with van der Waals surface area (Å²) in [7, 11) is 0. The summed E-state index contributed by atoms with van der Waals surface area (Å²) in [6, 6.07) is 0. The van der Waals surface area contributed by atoms with Crippen LogP contribution in [0.15, 0.2) is 24.9 Å². The van der Waals surface area contributed by atoms with Gasteiger partial charge in [0.05, 0.1) is 18.2 Å². The van der Waals surface area contributed by atoms with Crippen molar-refractivity contribution >= 4 is 0 Å². The molecule has 2 rings (SSSR count). The van der Waals surface area contributed by atoms with Crippen LogP contribution < -0.4 is 0 Å². The molecule has 0 saturated carbocycles. The Labute approximate surface area is 113 Å². The van der Waals surface area contributed by atoms with Gasteiger partial charge >= 0.3 is 0 Å². The maximum atomic E-state index is 10.4. The third-order valence-corrected chi connectivity index (χ3v) is 3.19. The first kappa shape index (κ1) is 13.8. The standard InChI is InChI=1S/C14H22N4O/c1-3-6-17-8-5-16-14(17)9-13(19)12-10-15-11-18(12)7-4-2/h5,8,10-11,13,19H,3-4,6-7,9H2,1-2H3. The van der Waals surface area contributed by atoms with Crippen LogP contribution in [0.25, 0.3) is 0 Å². The van der Waals surface area contributed by atoms with Crippen LogP contribution in [0.3, 0.4) is 0 Å². The number of imidazole rings is 2. The molecule has 5 heteroatoms. The molecule has 0 aliphatic carbocycles. The molecule has 0 aliphatic rings. The van der Waals surface area contributed by atoms with Crippen LogP contribution in [0.5, 0.6) is 0 Å².